The SMILES string of the molecule is O.[CH2-]CC(C)C.[CH2-]CC(C)C.[CH2-]CC(C)C.[Hf]. The van der Waals surface area contributed by atoms with E-state index in [4.69, 9.17) is 0 Å². The van der Waals surface area contributed by atoms with Gasteiger partial charge in [0.1, 0.15) is 0 Å². The standard InChI is InChI=1S/3C5H11.Hf.H2O/c3*1-4-5(2)3;;/h3*5H,1,4H2,2-3H3;;1H2/q3*-1;;. The fourth-order valence-electron chi connectivity index (χ4n) is 0. The average molecular weight is 410 g/mol. The van der Waals surface area contributed by atoms with Gasteiger partial charge in [0.15, 0.2) is 0 Å². The van der Waals surface area contributed by atoms with Crippen LogP contribution in [0.1, 0.15) is 60.8 Å². The predicted molar refractivity (Wildman–Crippen MR) is 78.0 cm³/mol. The van der Waals surface area contributed by atoms with Gasteiger partial charge in [-0.25, -0.2) is 0 Å². The van der Waals surface area contributed by atoms with Crippen LogP contribution in [0.3, 0.4) is 0 Å². The summed E-state index contributed by atoms with van der Waals surface area (Å²) in [6, 6.07) is 0. The van der Waals surface area contributed by atoms with E-state index in [1.54, 1.807) is 0 Å². The molecule has 108 valence electrons. The Hall–Kier alpha value is 0.830. The van der Waals surface area contributed by atoms with Crippen molar-refractivity contribution in [3.05, 3.63) is 20.8 Å². The van der Waals surface area contributed by atoms with Gasteiger partial charge in [0.05, 0.1) is 0 Å². The fourth-order valence-corrected chi connectivity index (χ4v) is 0. The van der Waals surface area contributed by atoms with Crippen LogP contribution in [0, 0.1) is 38.5 Å². The average Bonchev–Trinajstić information content (AvgIpc) is 2.19. The zero-order valence-electron chi connectivity index (χ0n) is 13.0. The first-order valence-electron chi connectivity index (χ1n) is 6.19. The van der Waals surface area contributed by atoms with Crippen molar-refractivity contribution in [2.75, 3.05) is 0 Å². The van der Waals surface area contributed by atoms with Crippen molar-refractivity contribution in [1.29, 1.82) is 0 Å². The maximum absolute atomic E-state index is 3.69. The minimum atomic E-state index is 0. The van der Waals surface area contributed by atoms with Gasteiger partial charge in [-0.3, -0.25) is 0 Å². The Balaban J connectivity index is -0.0000000400. The zero-order valence-corrected chi connectivity index (χ0v) is 16.6. The molecule has 2 N–H and O–H groups in total. The molecule has 0 spiro atoms. The van der Waals surface area contributed by atoms with Crippen LogP contribution in [0.5, 0.6) is 0 Å². The second kappa shape index (κ2) is 25.6. The van der Waals surface area contributed by atoms with Gasteiger partial charge < -0.3 is 26.2 Å². The van der Waals surface area contributed by atoms with E-state index in [-0.39, 0.29) is 31.3 Å². The molecule has 0 aromatic carbocycles. The van der Waals surface area contributed by atoms with Crippen LogP contribution in [0.4, 0.5) is 0 Å². The van der Waals surface area contributed by atoms with E-state index < -0.39 is 0 Å². The summed E-state index contributed by atoms with van der Waals surface area (Å²) in [5, 5.41) is 0. The topological polar surface area (TPSA) is 31.5 Å². The Morgan fingerprint density at radius 2 is 0.647 bits per heavy atom. The number of hydrogen-bond acceptors (Lipinski definition) is 0. The van der Waals surface area contributed by atoms with E-state index in [0.29, 0.717) is 0 Å². The van der Waals surface area contributed by atoms with Crippen molar-refractivity contribution in [3.63, 3.8) is 0 Å². The van der Waals surface area contributed by atoms with Crippen LogP contribution in [-0.2, 0) is 25.8 Å². The second-order valence-electron chi connectivity index (χ2n) is 5.05. The molecule has 0 rings (SSSR count). The van der Waals surface area contributed by atoms with Gasteiger partial charge in [-0.1, -0.05) is 59.3 Å². The van der Waals surface area contributed by atoms with Crippen molar-refractivity contribution in [2.24, 2.45) is 17.8 Å². The molecule has 2 heteroatoms. The smallest absolute Gasteiger partial charge is 0 e. The van der Waals surface area contributed by atoms with Crippen molar-refractivity contribution in [1.82, 2.24) is 0 Å². The number of hydrogen-bond donors (Lipinski definition) is 0. The first kappa shape index (κ1) is 30.7. The monoisotopic (exact) mass is 411 g/mol. The minimum Gasteiger partial charge on any atom is -0.412 e. The van der Waals surface area contributed by atoms with Crippen LogP contribution >= 0.6 is 0 Å². The normalized spacial score (nSPS) is 8.47. The van der Waals surface area contributed by atoms with Crippen molar-refractivity contribution in [3.8, 4) is 0 Å². The molecular weight excluding hydrogens is 375 g/mol. The van der Waals surface area contributed by atoms with E-state index in [2.05, 4.69) is 62.3 Å². The van der Waals surface area contributed by atoms with Gasteiger partial charge in [0.2, 0.25) is 0 Å². The molecule has 17 heavy (non-hydrogen) atoms. The fraction of sp³-hybridized carbons (Fsp3) is 0.800. The molecule has 0 bridgehead atoms. The summed E-state index contributed by atoms with van der Waals surface area (Å²) in [7, 11) is 0. The summed E-state index contributed by atoms with van der Waals surface area (Å²) in [5.41, 5.74) is 0. The van der Waals surface area contributed by atoms with Crippen LogP contribution in [0.25, 0.3) is 0 Å². The van der Waals surface area contributed by atoms with Crippen LogP contribution in [0.2, 0.25) is 0 Å². The zero-order chi connectivity index (χ0) is 12.9. The predicted octanol–water partition coefficient (Wildman–Crippen LogP) is 4.77. The molecule has 0 amide bonds. The minimum absolute atomic E-state index is 0. The second-order valence-corrected chi connectivity index (χ2v) is 5.05. The van der Waals surface area contributed by atoms with Crippen molar-refractivity contribution >= 4 is 0 Å². The van der Waals surface area contributed by atoms with Gasteiger partial charge in [0.25, 0.3) is 0 Å². The van der Waals surface area contributed by atoms with E-state index in [0.717, 1.165) is 37.0 Å². The Bertz CT molecular complexity index is 71.9. The molecule has 0 aliphatic carbocycles. The Kier molecular flexibility index (Phi) is 46.2. The van der Waals surface area contributed by atoms with Gasteiger partial charge >= 0.3 is 0 Å². The molecule has 0 aromatic rings. The first-order valence-corrected chi connectivity index (χ1v) is 6.19. The molecule has 0 aromatic heterocycles. The third kappa shape index (κ3) is 79.3. The maximum atomic E-state index is 3.69. The molecule has 0 radical (unpaired) electrons. The first-order chi connectivity index (χ1) is 6.81. The summed E-state index contributed by atoms with van der Waals surface area (Å²) in [5.74, 6) is 2.32. The third-order valence-corrected chi connectivity index (χ3v) is 1.73. The van der Waals surface area contributed by atoms with E-state index >= 15 is 0 Å². The Labute approximate surface area is 130 Å². The van der Waals surface area contributed by atoms with Crippen LogP contribution in [0.15, 0.2) is 0 Å². The Morgan fingerprint density at radius 3 is 0.647 bits per heavy atom. The van der Waals surface area contributed by atoms with Crippen LogP contribution in [-0.4, -0.2) is 5.48 Å². The van der Waals surface area contributed by atoms with E-state index in [1.165, 1.54) is 0 Å². The maximum Gasteiger partial charge on any atom is 0 e. The summed E-state index contributed by atoms with van der Waals surface area (Å²) in [6.45, 7) is 24.0. The molecule has 0 saturated carbocycles. The summed E-state index contributed by atoms with van der Waals surface area (Å²) >= 11 is 0. The van der Waals surface area contributed by atoms with Crippen molar-refractivity contribution in [2.45, 2.75) is 60.8 Å². The molecule has 0 aliphatic heterocycles. The summed E-state index contributed by atoms with van der Waals surface area (Å²) in [6.07, 6.45) is 3.17. The molecule has 0 heterocycles. The number of rotatable bonds is 3. The molecule has 0 aliphatic rings. The molecule has 0 unspecified atom stereocenters. The quantitative estimate of drug-likeness (QED) is 0.475. The molecular formula is C15H35HfO-3. The molecule has 0 atom stereocenters. The van der Waals surface area contributed by atoms with Gasteiger partial charge in [-0.15, -0.1) is 0 Å². The van der Waals surface area contributed by atoms with E-state index in [1.807, 2.05) is 0 Å². The third-order valence-electron chi connectivity index (χ3n) is 1.73. The van der Waals surface area contributed by atoms with Crippen LogP contribution < -0.4 is 0 Å². The Morgan fingerprint density at radius 1 is 0.588 bits per heavy atom. The molecule has 0 saturated heterocycles. The summed E-state index contributed by atoms with van der Waals surface area (Å²) < 4.78 is 0. The van der Waals surface area contributed by atoms with Gasteiger partial charge in [-0.2, -0.15) is 19.3 Å². The molecule has 1 nitrogen and oxygen atoms in total. The van der Waals surface area contributed by atoms with Gasteiger partial charge in [-0.05, 0) is 0 Å². The van der Waals surface area contributed by atoms with Crippen molar-refractivity contribution < 1.29 is 31.3 Å². The largest absolute Gasteiger partial charge is 0.412 e. The molecule has 0 fully saturated rings. The van der Waals surface area contributed by atoms with Gasteiger partial charge in [0, 0.05) is 25.8 Å². The van der Waals surface area contributed by atoms with E-state index in [9.17, 15) is 0 Å². The summed E-state index contributed by atoms with van der Waals surface area (Å²) in [4.78, 5) is 0.